The lowest BCUT2D eigenvalue weighted by Crippen LogP contribution is -2.48. The summed E-state index contributed by atoms with van der Waals surface area (Å²) < 4.78 is 5.72. The summed E-state index contributed by atoms with van der Waals surface area (Å²) in [6, 6.07) is 0.363. The average molecular weight is 255 g/mol. The first kappa shape index (κ1) is 13.8. The van der Waals surface area contributed by atoms with Gasteiger partial charge in [-0.2, -0.15) is 0 Å². The van der Waals surface area contributed by atoms with Crippen molar-refractivity contribution >= 4 is 5.91 Å². The Morgan fingerprint density at radius 2 is 2.22 bits per heavy atom. The molecule has 0 aromatic carbocycles. The van der Waals surface area contributed by atoms with Crippen LogP contribution in [0.3, 0.4) is 0 Å². The predicted octanol–water partition coefficient (Wildman–Crippen LogP) is -0.0841. The molecule has 0 radical (unpaired) electrons. The number of morpholine rings is 1. The first-order valence-corrected chi connectivity index (χ1v) is 6.91. The van der Waals surface area contributed by atoms with Crippen molar-refractivity contribution in [3.05, 3.63) is 0 Å². The van der Waals surface area contributed by atoms with Crippen LogP contribution in [-0.4, -0.2) is 73.7 Å². The van der Waals surface area contributed by atoms with Crippen molar-refractivity contribution in [1.82, 2.24) is 15.1 Å². The number of hydrogen-bond acceptors (Lipinski definition) is 4. The highest BCUT2D eigenvalue weighted by molar-refractivity contribution is 5.84. The molecular weight excluding hydrogens is 230 g/mol. The van der Waals surface area contributed by atoms with Crippen molar-refractivity contribution in [3.63, 3.8) is 0 Å². The first-order valence-electron chi connectivity index (χ1n) is 6.91. The number of amides is 1. The van der Waals surface area contributed by atoms with Crippen LogP contribution in [0.15, 0.2) is 0 Å². The van der Waals surface area contributed by atoms with E-state index < -0.39 is 0 Å². The number of nitrogens with zero attached hydrogens (tertiary/aromatic N) is 2. The van der Waals surface area contributed by atoms with E-state index in [9.17, 15) is 4.79 Å². The van der Waals surface area contributed by atoms with Crippen molar-refractivity contribution in [2.24, 2.45) is 0 Å². The highest BCUT2D eigenvalue weighted by atomic mass is 16.5. The molecule has 18 heavy (non-hydrogen) atoms. The van der Waals surface area contributed by atoms with E-state index in [0.29, 0.717) is 6.04 Å². The Balaban J connectivity index is 1.82. The fourth-order valence-electron chi connectivity index (χ4n) is 2.70. The van der Waals surface area contributed by atoms with Gasteiger partial charge < -0.3 is 19.9 Å². The minimum absolute atomic E-state index is 0.00585. The van der Waals surface area contributed by atoms with Crippen LogP contribution in [0.2, 0.25) is 0 Å². The highest BCUT2D eigenvalue weighted by Crippen LogP contribution is 2.14. The Kier molecular flexibility index (Phi) is 4.59. The van der Waals surface area contributed by atoms with Gasteiger partial charge >= 0.3 is 0 Å². The van der Waals surface area contributed by atoms with E-state index in [1.54, 1.807) is 0 Å². The Bertz CT molecular complexity index is 296. The van der Waals surface area contributed by atoms with Gasteiger partial charge in [0.15, 0.2) is 0 Å². The van der Waals surface area contributed by atoms with Gasteiger partial charge in [-0.1, -0.05) is 13.8 Å². The second-order valence-electron chi connectivity index (χ2n) is 5.70. The standard InChI is InChI=1S/C13H25N3O2/c1-10(2)14-12-4-5-16(13(12)17)9-11-8-15(3)6-7-18-11/h10-12,14H,4-9H2,1-3H3. The van der Waals surface area contributed by atoms with Crippen molar-refractivity contribution < 1.29 is 9.53 Å². The number of carbonyl (C=O) groups excluding carboxylic acids is 1. The molecule has 2 fully saturated rings. The van der Waals surface area contributed by atoms with Crippen LogP contribution in [0, 0.1) is 0 Å². The van der Waals surface area contributed by atoms with E-state index in [2.05, 4.69) is 31.1 Å². The van der Waals surface area contributed by atoms with Gasteiger partial charge in [-0.15, -0.1) is 0 Å². The molecule has 0 bridgehead atoms. The van der Waals surface area contributed by atoms with E-state index in [0.717, 1.165) is 39.2 Å². The largest absolute Gasteiger partial charge is 0.374 e. The van der Waals surface area contributed by atoms with Gasteiger partial charge in [0.1, 0.15) is 0 Å². The molecule has 2 unspecified atom stereocenters. The molecule has 0 aromatic rings. The van der Waals surface area contributed by atoms with Gasteiger partial charge in [0.25, 0.3) is 0 Å². The van der Waals surface area contributed by atoms with Crippen molar-refractivity contribution in [2.45, 2.75) is 38.5 Å². The molecule has 2 saturated heterocycles. The van der Waals surface area contributed by atoms with E-state index in [1.165, 1.54) is 0 Å². The molecular formula is C13H25N3O2. The maximum absolute atomic E-state index is 12.2. The second-order valence-corrected chi connectivity index (χ2v) is 5.70. The van der Waals surface area contributed by atoms with Gasteiger partial charge in [0, 0.05) is 32.2 Å². The van der Waals surface area contributed by atoms with Crippen LogP contribution in [-0.2, 0) is 9.53 Å². The summed E-state index contributed by atoms with van der Waals surface area (Å²) in [7, 11) is 2.10. The SMILES string of the molecule is CC(C)NC1CCN(CC2CN(C)CCO2)C1=O. The van der Waals surface area contributed by atoms with Crippen LogP contribution in [0.5, 0.6) is 0 Å². The minimum Gasteiger partial charge on any atom is -0.374 e. The van der Waals surface area contributed by atoms with Gasteiger partial charge in [0.05, 0.1) is 18.8 Å². The zero-order valence-electron chi connectivity index (χ0n) is 11.7. The quantitative estimate of drug-likeness (QED) is 0.763. The zero-order chi connectivity index (χ0) is 13.1. The maximum Gasteiger partial charge on any atom is 0.239 e. The van der Waals surface area contributed by atoms with Gasteiger partial charge in [-0.3, -0.25) is 4.79 Å². The second kappa shape index (κ2) is 5.99. The molecule has 2 heterocycles. The van der Waals surface area contributed by atoms with Crippen LogP contribution < -0.4 is 5.32 Å². The molecule has 2 aliphatic heterocycles. The maximum atomic E-state index is 12.2. The number of rotatable bonds is 4. The van der Waals surface area contributed by atoms with E-state index in [1.807, 2.05) is 4.90 Å². The number of nitrogens with one attached hydrogen (secondary N) is 1. The first-order chi connectivity index (χ1) is 8.56. The summed E-state index contributed by atoms with van der Waals surface area (Å²) in [6.45, 7) is 8.43. The van der Waals surface area contributed by atoms with Crippen LogP contribution in [0.1, 0.15) is 20.3 Å². The molecule has 0 aliphatic carbocycles. The van der Waals surface area contributed by atoms with Gasteiger partial charge in [-0.25, -0.2) is 0 Å². The molecule has 2 atom stereocenters. The van der Waals surface area contributed by atoms with Crippen LogP contribution in [0.4, 0.5) is 0 Å². The van der Waals surface area contributed by atoms with Gasteiger partial charge in [-0.05, 0) is 13.5 Å². The summed E-state index contributed by atoms with van der Waals surface area (Å²) in [4.78, 5) is 16.4. The number of carbonyl (C=O) groups is 1. The number of ether oxygens (including phenoxy) is 1. The summed E-state index contributed by atoms with van der Waals surface area (Å²) in [5, 5.41) is 3.33. The fourth-order valence-corrected chi connectivity index (χ4v) is 2.70. The van der Waals surface area contributed by atoms with Crippen LogP contribution >= 0.6 is 0 Å². The summed E-state index contributed by atoms with van der Waals surface area (Å²) in [6.07, 6.45) is 1.09. The van der Waals surface area contributed by atoms with Crippen LogP contribution in [0.25, 0.3) is 0 Å². The zero-order valence-corrected chi connectivity index (χ0v) is 11.7. The van der Waals surface area contributed by atoms with Gasteiger partial charge in [0.2, 0.25) is 5.91 Å². The highest BCUT2D eigenvalue weighted by Gasteiger charge is 2.33. The third kappa shape index (κ3) is 3.43. The molecule has 104 valence electrons. The molecule has 5 heteroatoms. The summed E-state index contributed by atoms with van der Waals surface area (Å²) in [5.41, 5.74) is 0. The average Bonchev–Trinajstić information content (AvgIpc) is 2.61. The molecule has 1 N–H and O–H groups in total. The third-order valence-corrected chi connectivity index (χ3v) is 3.60. The monoisotopic (exact) mass is 255 g/mol. The molecule has 5 nitrogen and oxygen atoms in total. The smallest absolute Gasteiger partial charge is 0.239 e. The Morgan fingerprint density at radius 3 is 2.89 bits per heavy atom. The lowest BCUT2D eigenvalue weighted by atomic mass is 10.2. The predicted molar refractivity (Wildman–Crippen MR) is 70.5 cm³/mol. The Labute approximate surface area is 109 Å². The molecule has 0 saturated carbocycles. The van der Waals surface area contributed by atoms with Crippen molar-refractivity contribution in [2.75, 3.05) is 39.8 Å². The topological polar surface area (TPSA) is 44.8 Å². The summed E-state index contributed by atoms with van der Waals surface area (Å²) in [5.74, 6) is 0.237. The molecule has 2 aliphatic rings. The van der Waals surface area contributed by atoms with E-state index in [-0.39, 0.29) is 18.1 Å². The van der Waals surface area contributed by atoms with E-state index >= 15 is 0 Å². The Hall–Kier alpha value is -0.650. The lowest BCUT2D eigenvalue weighted by Gasteiger charge is -2.32. The molecule has 1 amide bonds. The molecule has 0 spiro atoms. The minimum atomic E-state index is 0.00585. The van der Waals surface area contributed by atoms with E-state index in [4.69, 9.17) is 4.74 Å². The number of likely N-dealkylation sites (tertiary alicyclic amines) is 1. The number of hydrogen-bond donors (Lipinski definition) is 1. The third-order valence-electron chi connectivity index (χ3n) is 3.60. The normalized spacial score (nSPS) is 30.4. The number of likely N-dealkylation sites (N-methyl/N-ethyl adjacent to an activating group) is 1. The Morgan fingerprint density at radius 1 is 1.44 bits per heavy atom. The lowest BCUT2D eigenvalue weighted by molar-refractivity contribution is -0.132. The molecule has 0 aromatic heterocycles. The summed E-state index contributed by atoms with van der Waals surface area (Å²) >= 11 is 0. The fraction of sp³-hybridized carbons (Fsp3) is 0.923. The molecule has 2 rings (SSSR count). The van der Waals surface area contributed by atoms with Crippen molar-refractivity contribution in [1.29, 1.82) is 0 Å². The van der Waals surface area contributed by atoms with Crippen molar-refractivity contribution in [3.8, 4) is 0 Å².